The summed E-state index contributed by atoms with van der Waals surface area (Å²) in [5, 5.41) is 9.18. The average Bonchev–Trinajstić information content (AvgIpc) is 2.95. The quantitative estimate of drug-likeness (QED) is 0.693. The molecule has 110 valence electrons. The maximum atomic E-state index is 11.8. The second-order valence-corrected chi connectivity index (χ2v) is 5.55. The van der Waals surface area contributed by atoms with E-state index in [9.17, 15) is 9.59 Å². The first kappa shape index (κ1) is 15.4. The first-order chi connectivity index (χ1) is 9.88. The van der Waals surface area contributed by atoms with Gasteiger partial charge in [0.05, 0.1) is 5.69 Å². The molecular weight excluding hydrogens is 312 g/mol. The van der Waals surface area contributed by atoms with Crippen molar-refractivity contribution in [3.05, 3.63) is 33.6 Å². The van der Waals surface area contributed by atoms with Crippen molar-refractivity contribution in [3.63, 3.8) is 0 Å². The van der Waals surface area contributed by atoms with Crippen LogP contribution in [-0.4, -0.2) is 26.5 Å². The Morgan fingerprint density at radius 1 is 1.48 bits per heavy atom. The Bertz CT molecular complexity index is 733. The minimum absolute atomic E-state index is 0.139. The molecule has 2 heterocycles. The molecule has 2 rings (SSSR count). The van der Waals surface area contributed by atoms with Crippen LogP contribution in [0.2, 0.25) is 5.15 Å². The zero-order valence-electron chi connectivity index (χ0n) is 11.7. The molecule has 21 heavy (non-hydrogen) atoms. The van der Waals surface area contributed by atoms with Gasteiger partial charge in [0, 0.05) is 31.0 Å². The lowest BCUT2D eigenvalue weighted by molar-refractivity contribution is -0.111. The van der Waals surface area contributed by atoms with Gasteiger partial charge < -0.3 is 0 Å². The fourth-order valence-electron chi connectivity index (χ4n) is 1.63. The Balaban J connectivity index is 2.07. The number of halogens is 1. The third kappa shape index (κ3) is 3.56. The summed E-state index contributed by atoms with van der Waals surface area (Å²) in [6.07, 6.45) is 2.95. The highest BCUT2D eigenvalue weighted by atomic mass is 35.5. The molecule has 1 N–H and O–H groups in total. The molecular formula is C13H13ClN4O2S. The van der Waals surface area contributed by atoms with Gasteiger partial charge in [0.1, 0.15) is 10.8 Å². The van der Waals surface area contributed by atoms with Crippen molar-refractivity contribution in [1.29, 1.82) is 0 Å². The molecule has 0 spiro atoms. The molecule has 0 unspecified atom stereocenters. The molecule has 0 radical (unpaired) electrons. The first-order valence-corrected chi connectivity index (χ1v) is 7.29. The zero-order chi connectivity index (χ0) is 15.6. The van der Waals surface area contributed by atoms with Crippen molar-refractivity contribution in [2.75, 3.05) is 5.32 Å². The van der Waals surface area contributed by atoms with Crippen molar-refractivity contribution < 1.29 is 9.59 Å². The van der Waals surface area contributed by atoms with E-state index >= 15 is 0 Å². The number of aromatic nitrogens is 3. The van der Waals surface area contributed by atoms with Crippen LogP contribution in [0.25, 0.3) is 6.08 Å². The number of hydrogen-bond donors (Lipinski definition) is 1. The summed E-state index contributed by atoms with van der Waals surface area (Å²) in [7, 11) is 1.73. The third-order valence-electron chi connectivity index (χ3n) is 2.69. The number of anilines is 1. The van der Waals surface area contributed by atoms with E-state index in [1.54, 1.807) is 18.5 Å². The number of Topliss-reactive ketones (excluding diaryl/α,β-unsaturated/α-hetero) is 1. The number of nitrogens with one attached hydrogen (secondary N) is 1. The van der Waals surface area contributed by atoms with Crippen LogP contribution in [-0.2, 0) is 11.8 Å². The SMILES string of the molecule is CC(=O)c1csc(NC(=O)/C=C/c2c(C)nn(C)c2Cl)n1. The maximum absolute atomic E-state index is 11.8. The Morgan fingerprint density at radius 3 is 2.71 bits per heavy atom. The highest BCUT2D eigenvalue weighted by Crippen LogP contribution is 2.20. The molecule has 0 bridgehead atoms. The Hall–Kier alpha value is -1.99. The van der Waals surface area contributed by atoms with Crippen molar-refractivity contribution >= 4 is 45.8 Å². The van der Waals surface area contributed by atoms with Gasteiger partial charge >= 0.3 is 0 Å². The van der Waals surface area contributed by atoms with Crippen LogP contribution in [0.1, 0.15) is 28.7 Å². The summed E-state index contributed by atoms with van der Waals surface area (Å²) in [5.41, 5.74) is 1.77. The van der Waals surface area contributed by atoms with Gasteiger partial charge in [-0.05, 0) is 13.0 Å². The van der Waals surface area contributed by atoms with Crippen LogP contribution in [0, 0.1) is 6.92 Å². The Labute approximate surface area is 130 Å². The van der Waals surface area contributed by atoms with Crippen LogP contribution in [0.5, 0.6) is 0 Å². The number of carbonyl (C=O) groups is 2. The van der Waals surface area contributed by atoms with Gasteiger partial charge in [0.15, 0.2) is 10.9 Å². The third-order valence-corrected chi connectivity index (χ3v) is 3.90. The van der Waals surface area contributed by atoms with E-state index in [4.69, 9.17) is 11.6 Å². The van der Waals surface area contributed by atoms with Gasteiger partial charge in [0.2, 0.25) is 5.91 Å². The van der Waals surface area contributed by atoms with E-state index in [0.717, 1.165) is 5.69 Å². The van der Waals surface area contributed by atoms with E-state index in [0.29, 0.717) is 21.5 Å². The molecule has 0 saturated heterocycles. The van der Waals surface area contributed by atoms with Crippen molar-refractivity contribution in [2.24, 2.45) is 7.05 Å². The standard InChI is InChI=1S/C13H13ClN4O2S/c1-7-9(12(14)18(3)17-7)4-5-11(20)16-13-15-10(6-21-13)8(2)19/h4-6H,1-3H3,(H,15,16,20)/b5-4+. The van der Waals surface area contributed by atoms with Gasteiger partial charge in [-0.15, -0.1) is 11.3 Å². The summed E-state index contributed by atoms with van der Waals surface area (Å²) < 4.78 is 1.54. The van der Waals surface area contributed by atoms with Gasteiger partial charge in [-0.2, -0.15) is 5.10 Å². The average molecular weight is 325 g/mol. The summed E-state index contributed by atoms with van der Waals surface area (Å²) >= 11 is 7.26. The highest BCUT2D eigenvalue weighted by molar-refractivity contribution is 7.14. The predicted molar refractivity (Wildman–Crippen MR) is 82.7 cm³/mol. The topological polar surface area (TPSA) is 76.9 Å². The molecule has 0 aliphatic heterocycles. The number of nitrogens with zero attached hydrogens (tertiary/aromatic N) is 3. The number of rotatable bonds is 4. The number of ketones is 1. The lowest BCUT2D eigenvalue weighted by Gasteiger charge is -1.96. The largest absolute Gasteiger partial charge is 0.298 e. The molecule has 1 amide bonds. The fraction of sp³-hybridized carbons (Fsp3) is 0.231. The molecule has 0 aliphatic carbocycles. The number of hydrogen-bond acceptors (Lipinski definition) is 5. The number of carbonyl (C=O) groups excluding carboxylic acids is 2. The molecule has 0 fully saturated rings. The minimum Gasteiger partial charge on any atom is -0.298 e. The monoisotopic (exact) mass is 324 g/mol. The van der Waals surface area contributed by atoms with Crippen LogP contribution in [0.15, 0.2) is 11.5 Å². The van der Waals surface area contributed by atoms with Crippen LogP contribution >= 0.6 is 22.9 Å². The molecule has 6 nitrogen and oxygen atoms in total. The molecule has 0 atom stereocenters. The van der Waals surface area contributed by atoms with Crippen molar-refractivity contribution in [2.45, 2.75) is 13.8 Å². The molecule has 8 heteroatoms. The summed E-state index contributed by atoms with van der Waals surface area (Å²) in [4.78, 5) is 26.9. The van der Waals surface area contributed by atoms with Gasteiger partial charge in [0.25, 0.3) is 0 Å². The zero-order valence-corrected chi connectivity index (χ0v) is 13.2. The molecule has 2 aromatic heterocycles. The number of amides is 1. The number of thiazole rings is 1. The predicted octanol–water partition coefficient (Wildman–Crippen LogP) is 2.69. The Kier molecular flexibility index (Phi) is 4.54. The van der Waals surface area contributed by atoms with E-state index in [-0.39, 0.29) is 11.7 Å². The lowest BCUT2D eigenvalue weighted by Crippen LogP contribution is -2.07. The van der Waals surface area contributed by atoms with E-state index < -0.39 is 0 Å². The second kappa shape index (κ2) is 6.19. The normalized spacial score (nSPS) is 11.0. The molecule has 0 aromatic carbocycles. The first-order valence-electron chi connectivity index (χ1n) is 6.03. The fourth-order valence-corrected chi connectivity index (χ4v) is 2.62. The molecule has 0 saturated carbocycles. The van der Waals surface area contributed by atoms with Crippen molar-refractivity contribution in [1.82, 2.24) is 14.8 Å². The summed E-state index contributed by atoms with van der Waals surface area (Å²) in [6.45, 7) is 3.23. The second-order valence-electron chi connectivity index (χ2n) is 4.33. The van der Waals surface area contributed by atoms with Crippen LogP contribution in [0.4, 0.5) is 5.13 Å². The van der Waals surface area contributed by atoms with E-state index in [2.05, 4.69) is 15.4 Å². The van der Waals surface area contributed by atoms with E-state index in [1.165, 1.54) is 29.0 Å². The van der Waals surface area contributed by atoms with Crippen molar-refractivity contribution in [3.8, 4) is 0 Å². The van der Waals surface area contributed by atoms with Crippen LogP contribution in [0.3, 0.4) is 0 Å². The summed E-state index contributed by atoms with van der Waals surface area (Å²) in [5.74, 6) is -0.487. The maximum Gasteiger partial charge on any atom is 0.250 e. The molecule has 2 aromatic rings. The van der Waals surface area contributed by atoms with E-state index in [1.807, 2.05) is 6.92 Å². The smallest absolute Gasteiger partial charge is 0.250 e. The van der Waals surface area contributed by atoms with Gasteiger partial charge in [-0.3, -0.25) is 19.6 Å². The van der Waals surface area contributed by atoms with Crippen LogP contribution < -0.4 is 5.32 Å². The Morgan fingerprint density at radius 2 is 2.19 bits per heavy atom. The van der Waals surface area contributed by atoms with Gasteiger partial charge in [-0.1, -0.05) is 11.6 Å². The lowest BCUT2D eigenvalue weighted by atomic mass is 10.2. The number of aryl methyl sites for hydroxylation is 2. The summed E-state index contributed by atoms with van der Waals surface area (Å²) in [6, 6.07) is 0. The van der Waals surface area contributed by atoms with Gasteiger partial charge in [-0.25, -0.2) is 4.98 Å². The highest BCUT2D eigenvalue weighted by Gasteiger charge is 2.10. The minimum atomic E-state index is -0.348. The molecule has 0 aliphatic rings.